The summed E-state index contributed by atoms with van der Waals surface area (Å²) >= 11 is 0. The summed E-state index contributed by atoms with van der Waals surface area (Å²) in [6.07, 6.45) is 4.42. The molecule has 0 radical (unpaired) electrons. The van der Waals surface area contributed by atoms with Crippen LogP contribution in [0.5, 0.6) is 0 Å². The molecule has 2 aromatic carbocycles. The Hall–Kier alpha value is -2.60. The van der Waals surface area contributed by atoms with Gasteiger partial charge < -0.3 is 11.1 Å². The van der Waals surface area contributed by atoms with E-state index in [1.165, 1.54) is 57.2 Å². The third-order valence-corrected chi connectivity index (χ3v) is 7.24. The Bertz CT molecular complexity index is 982. The van der Waals surface area contributed by atoms with Crippen LogP contribution in [0.3, 0.4) is 0 Å². The fourth-order valence-electron chi connectivity index (χ4n) is 5.90. The highest BCUT2D eigenvalue weighted by molar-refractivity contribution is 5.97. The van der Waals surface area contributed by atoms with Crippen LogP contribution in [0.25, 0.3) is 6.08 Å². The highest BCUT2D eigenvalue weighted by atomic mass is 19.4. The minimum atomic E-state index is -4.72. The van der Waals surface area contributed by atoms with E-state index in [4.69, 9.17) is 0 Å². The minimum absolute atomic E-state index is 0.281. The van der Waals surface area contributed by atoms with Gasteiger partial charge >= 0.3 is 6.18 Å². The number of primary amides is 1. The van der Waals surface area contributed by atoms with Crippen molar-refractivity contribution in [3.63, 3.8) is 0 Å². The molecule has 0 aromatic heterocycles. The number of nitrogens with one attached hydrogen (secondary N) is 1. The monoisotopic (exact) mass is 442 g/mol. The zero-order valence-corrected chi connectivity index (χ0v) is 18.0. The van der Waals surface area contributed by atoms with Crippen molar-refractivity contribution in [3.8, 4) is 0 Å². The van der Waals surface area contributed by atoms with E-state index in [2.05, 4.69) is 35.3 Å². The van der Waals surface area contributed by atoms with Crippen molar-refractivity contribution in [3.05, 3.63) is 76.9 Å². The molecule has 170 valence electrons. The van der Waals surface area contributed by atoms with Gasteiger partial charge in [0.25, 0.3) is 5.91 Å². The van der Waals surface area contributed by atoms with Crippen LogP contribution in [0.4, 0.5) is 13.2 Å². The van der Waals surface area contributed by atoms with Crippen LogP contribution in [-0.2, 0) is 16.6 Å². The fraction of sp³-hybridized carbons (Fsp3) is 0.423. The van der Waals surface area contributed by atoms with Crippen LogP contribution in [0.1, 0.15) is 48.8 Å². The molecular formula is C26H29F3N2O. The first-order valence-corrected chi connectivity index (χ1v) is 11.3. The molecule has 1 amide bonds. The molecule has 5 rings (SSSR count). The van der Waals surface area contributed by atoms with Crippen LogP contribution in [0.2, 0.25) is 0 Å². The van der Waals surface area contributed by atoms with Gasteiger partial charge in [-0.05, 0) is 60.9 Å². The van der Waals surface area contributed by atoms with Gasteiger partial charge in [0.2, 0.25) is 0 Å². The van der Waals surface area contributed by atoms with E-state index in [1.807, 2.05) is 0 Å². The largest absolute Gasteiger partial charge is 0.421 e. The summed E-state index contributed by atoms with van der Waals surface area (Å²) in [5, 5.41) is 3.79. The lowest BCUT2D eigenvalue weighted by Gasteiger charge is -2.56. The van der Waals surface area contributed by atoms with Gasteiger partial charge in [0.05, 0.1) is 0 Å². The Balaban J connectivity index is 0.000000155. The molecule has 0 spiro atoms. The van der Waals surface area contributed by atoms with E-state index in [1.54, 1.807) is 29.3 Å². The molecule has 1 aliphatic heterocycles. The smallest absolute Gasteiger partial charge is 0.366 e. The van der Waals surface area contributed by atoms with Gasteiger partial charge in [-0.2, -0.15) is 13.2 Å². The average molecular weight is 443 g/mol. The van der Waals surface area contributed by atoms with Crippen molar-refractivity contribution in [2.24, 2.45) is 11.7 Å². The summed E-state index contributed by atoms with van der Waals surface area (Å²) in [5.41, 5.74) is 7.45. The van der Waals surface area contributed by atoms with Crippen LogP contribution in [0, 0.1) is 5.92 Å². The number of carbonyl (C=O) groups is 1. The van der Waals surface area contributed by atoms with E-state index in [-0.39, 0.29) is 5.56 Å². The number of alkyl halides is 3. The summed E-state index contributed by atoms with van der Waals surface area (Å²) in [7, 11) is 0. The van der Waals surface area contributed by atoms with Crippen molar-refractivity contribution in [1.29, 1.82) is 0 Å². The number of fused-ring (bicyclic) bond motifs is 1. The molecule has 2 aromatic rings. The second kappa shape index (κ2) is 9.10. The molecule has 0 unspecified atom stereocenters. The molecule has 1 saturated carbocycles. The maximum atomic E-state index is 12.3. The third kappa shape index (κ3) is 4.46. The molecule has 1 heterocycles. The molecule has 2 aliphatic carbocycles. The second-order valence-electron chi connectivity index (χ2n) is 9.01. The summed E-state index contributed by atoms with van der Waals surface area (Å²) < 4.78 is 36.9. The first-order valence-electron chi connectivity index (χ1n) is 11.3. The molecule has 3 N–H and O–H groups in total. The molecule has 2 fully saturated rings. The Morgan fingerprint density at radius 3 is 2.47 bits per heavy atom. The summed E-state index contributed by atoms with van der Waals surface area (Å²) in [4.78, 5) is 10.6. The summed E-state index contributed by atoms with van der Waals surface area (Å²) in [6.45, 7) is 1.23. The first-order chi connectivity index (χ1) is 15.3. The van der Waals surface area contributed by atoms with E-state index >= 15 is 0 Å². The van der Waals surface area contributed by atoms with Crippen molar-refractivity contribution >= 4 is 12.0 Å². The number of piperidine rings is 1. The highest BCUT2D eigenvalue weighted by Gasteiger charge is 2.51. The van der Waals surface area contributed by atoms with Crippen molar-refractivity contribution in [1.82, 2.24) is 5.32 Å². The van der Waals surface area contributed by atoms with Gasteiger partial charge in [0, 0.05) is 11.5 Å². The molecule has 2 bridgehead atoms. The number of nitrogens with two attached hydrogens (primary N) is 1. The van der Waals surface area contributed by atoms with Gasteiger partial charge in [-0.15, -0.1) is 0 Å². The van der Waals surface area contributed by atoms with Crippen molar-refractivity contribution in [2.75, 3.05) is 6.54 Å². The number of rotatable bonds is 2. The van der Waals surface area contributed by atoms with E-state index in [0.29, 0.717) is 5.41 Å². The van der Waals surface area contributed by atoms with E-state index < -0.39 is 17.7 Å². The fourth-order valence-corrected chi connectivity index (χ4v) is 5.90. The third-order valence-electron chi connectivity index (χ3n) is 7.24. The lowest BCUT2D eigenvalue weighted by atomic mass is 9.53. The highest BCUT2D eigenvalue weighted by Crippen LogP contribution is 2.53. The van der Waals surface area contributed by atoms with Crippen molar-refractivity contribution in [2.45, 2.75) is 56.2 Å². The zero-order chi connectivity index (χ0) is 22.8. The van der Waals surface area contributed by atoms with Gasteiger partial charge in [0.15, 0.2) is 0 Å². The number of halogens is 3. The lowest BCUT2D eigenvalue weighted by molar-refractivity contribution is -0.127. The molecule has 32 heavy (non-hydrogen) atoms. The summed E-state index contributed by atoms with van der Waals surface area (Å²) in [5.74, 6) is -0.564. The number of amides is 1. The Morgan fingerprint density at radius 2 is 1.75 bits per heavy atom. The Labute approximate surface area is 186 Å². The second-order valence-corrected chi connectivity index (χ2v) is 9.01. The summed E-state index contributed by atoms with van der Waals surface area (Å²) in [6, 6.07) is 17.7. The SMILES string of the molecule is NC(=O)C(=Cc1ccccc1)C(F)(F)F.c1ccc2c(c1)C[C@H]1NCC[C@@]23CCCC[C@@H]13. The quantitative estimate of drug-likeness (QED) is 0.632. The molecule has 6 heteroatoms. The van der Waals surface area contributed by atoms with Gasteiger partial charge in [-0.1, -0.05) is 67.4 Å². The van der Waals surface area contributed by atoms with Crippen LogP contribution < -0.4 is 11.1 Å². The number of hydrogen-bond acceptors (Lipinski definition) is 2. The molecule has 3 atom stereocenters. The lowest BCUT2D eigenvalue weighted by Crippen LogP contribution is -2.59. The maximum Gasteiger partial charge on any atom is 0.421 e. The first kappa shape index (κ1) is 22.6. The topological polar surface area (TPSA) is 55.1 Å². The number of benzene rings is 2. The standard InChI is InChI=1S/C16H21N.C10H8F3NO/c1-2-6-13-12(5-1)11-15-14-7-3-4-8-16(13,14)9-10-17-15;11-10(12,13)8(9(14)15)6-7-4-2-1-3-5-7/h1-2,5-6,14-15,17H,3-4,7-11H2;1-6H,(H2,14,15)/t14-,15+,16-;/m0./s1. The van der Waals surface area contributed by atoms with Crippen molar-refractivity contribution < 1.29 is 18.0 Å². The number of carbonyl (C=O) groups excluding carboxylic acids is 1. The van der Waals surface area contributed by atoms with Gasteiger partial charge in [0.1, 0.15) is 5.57 Å². The van der Waals surface area contributed by atoms with Gasteiger partial charge in [-0.3, -0.25) is 4.79 Å². The zero-order valence-electron chi connectivity index (χ0n) is 18.0. The number of hydrogen-bond donors (Lipinski definition) is 2. The Kier molecular flexibility index (Phi) is 6.42. The molecule has 3 nitrogen and oxygen atoms in total. The maximum absolute atomic E-state index is 12.3. The molecular weight excluding hydrogens is 413 g/mol. The average Bonchev–Trinajstić information content (AvgIpc) is 2.78. The predicted molar refractivity (Wildman–Crippen MR) is 120 cm³/mol. The predicted octanol–water partition coefficient (Wildman–Crippen LogP) is 5.15. The van der Waals surface area contributed by atoms with Crippen LogP contribution in [-0.4, -0.2) is 24.7 Å². The van der Waals surface area contributed by atoms with Crippen LogP contribution in [0.15, 0.2) is 60.2 Å². The minimum Gasteiger partial charge on any atom is -0.366 e. The normalized spacial score (nSPS) is 26.8. The van der Waals surface area contributed by atoms with E-state index in [9.17, 15) is 18.0 Å². The Morgan fingerprint density at radius 1 is 1.03 bits per heavy atom. The van der Waals surface area contributed by atoms with E-state index in [0.717, 1.165) is 18.0 Å². The van der Waals surface area contributed by atoms with Gasteiger partial charge in [-0.25, -0.2) is 0 Å². The molecule has 3 aliphatic rings. The van der Waals surface area contributed by atoms with Crippen LogP contribution >= 0.6 is 0 Å². The molecule has 1 saturated heterocycles.